The number of halogens is 4. The minimum absolute atomic E-state index is 0. The van der Waals surface area contributed by atoms with Crippen LogP contribution in [0.2, 0.25) is 0 Å². The quantitative estimate of drug-likeness (QED) is 0.654. The van der Waals surface area contributed by atoms with Crippen LogP contribution in [0, 0.1) is 13.8 Å². The number of rotatable bonds is 8. The molecule has 1 amide bonds. The Hall–Kier alpha value is -1.94. The van der Waals surface area contributed by atoms with Crippen LogP contribution in [0.3, 0.4) is 0 Å². The van der Waals surface area contributed by atoms with Gasteiger partial charge < -0.3 is 10.6 Å². The minimum Gasteiger partial charge on any atom is -0.355 e. The van der Waals surface area contributed by atoms with Crippen molar-refractivity contribution < 1.29 is 18.0 Å². The monoisotopic (exact) mass is 408 g/mol. The third kappa shape index (κ3) is 6.03. The van der Waals surface area contributed by atoms with Gasteiger partial charge in [-0.1, -0.05) is 6.92 Å². The van der Waals surface area contributed by atoms with Crippen molar-refractivity contribution in [2.75, 3.05) is 19.6 Å². The first-order valence-electron chi connectivity index (χ1n) is 8.51. The van der Waals surface area contributed by atoms with E-state index >= 15 is 0 Å². The molecule has 7 nitrogen and oxygen atoms in total. The predicted octanol–water partition coefficient (Wildman–Crippen LogP) is 2.23. The molecule has 0 aliphatic carbocycles. The average molecular weight is 409 g/mol. The van der Waals surface area contributed by atoms with Gasteiger partial charge in [0.25, 0.3) is 11.6 Å². The van der Waals surface area contributed by atoms with Gasteiger partial charge in [-0.2, -0.15) is 18.2 Å². The third-order valence-corrected chi connectivity index (χ3v) is 3.96. The first-order chi connectivity index (χ1) is 12.2. The van der Waals surface area contributed by atoms with Gasteiger partial charge in [-0.25, -0.2) is 9.50 Å². The van der Waals surface area contributed by atoms with E-state index in [-0.39, 0.29) is 30.5 Å². The fraction of sp³-hybridized carbons (Fsp3) is 0.625. The number of aryl methyl sites for hydroxylation is 2. The molecule has 152 valence electrons. The Labute approximate surface area is 161 Å². The summed E-state index contributed by atoms with van der Waals surface area (Å²) in [5.74, 6) is -1.43. The van der Waals surface area contributed by atoms with Gasteiger partial charge in [0.15, 0.2) is 0 Å². The molecule has 0 fully saturated rings. The molecule has 0 bridgehead atoms. The molecule has 0 radical (unpaired) electrons. The number of carbonyl (C=O) groups is 1. The second kappa shape index (κ2) is 9.84. The molecular formula is C16H24ClF3N6O. The van der Waals surface area contributed by atoms with E-state index < -0.39 is 12.0 Å². The third-order valence-electron chi connectivity index (χ3n) is 3.96. The maximum Gasteiger partial charge on any atom is 0.453 e. The average Bonchev–Trinajstić information content (AvgIpc) is 2.99. The summed E-state index contributed by atoms with van der Waals surface area (Å²) in [4.78, 5) is 19.5. The fourth-order valence-electron chi connectivity index (χ4n) is 2.61. The molecule has 0 atom stereocenters. The molecule has 0 aromatic carbocycles. The molecule has 2 aromatic rings. The Bertz CT molecular complexity index is 778. The lowest BCUT2D eigenvalue weighted by Crippen LogP contribution is -2.32. The zero-order chi connectivity index (χ0) is 19.3. The summed E-state index contributed by atoms with van der Waals surface area (Å²) in [6.07, 6.45) is -3.00. The molecule has 2 rings (SSSR count). The van der Waals surface area contributed by atoms with E-state index in [9.17, 15) is 18.0 Å². The Morgan fingerprint density at radius 2 is 1.85 bits per heavy atom. The highest BCUT2D eigenvalue weighted by atomic mass is 35.5. The van der Waals surface area contributed by atoms with Gasteiger partial charge in [0.05, 0.1) is 0 Å². The fourth-order valence-corrected chi connectivity index (χ4v) is 2.61. The van der Waals surface area contributed by atoms with Gasteiger partial charge in [0, 0.05) is 30.9 Å². The van der Waals surface area contributed by atoms with Crippen LogP contribution in [0.4, 0.5) is 13.2 Å². The van der Waals surface area contributed by atoms with E-state index in [1.54, 1.807) is 13.8 Å². The van der Waals surface area contributed by atoms with Gasteiger partial charge in [-0.05, 0) is 38.8 Å². The number of nitrogens with zero attached hydrogens (tertiary/aromatic N) is 4. The lowest BCUT2D eigenvalue weighted by molar-refractivity contribution is -0.144. The van der Waals surface area contributed by atoms with Gasteiger partial charge >= 0.3 is 6.18 Å². The zero-order valence-corrected chi connectivity index (χ0v) is 16.3. The summed E-state index contributed by atoms with van der Waals surface area (Å²) < 4.78 is 39.4. The van der Waals surface area contributed by atoms with Gasteiger partial charge in [0.1, 0.15) is 0 Å². The second-order valence-electron chi connectivity index (χ2n) is 6.01. The van der Waals surface area contributed by atoms with Crippen LogP contribution < -0.4 is 10.6 Å². The molecule has 0 unspecified atom stereocenters. The molecule has 0 spiro atoms. The maximum atomic E-state index is 12.8. The van der Waals surface area contributed by atoms with E-state index in [1.807, 2.05) is 0 Å². The van der Waals surface area contributed by atoms with Crippen LogP contribution in [0.1, 0.15) is 42.5 Å². The molecule has 0 saturated carbocycles. The summed E-state index contributed by atoms with van der Waals surface area (Å²) >= 11 is 0. The molecule has 2 aromatic heterocycles. The molecule has 11 heteroatoms. The van der Waals surface area contributed by atoms with Gasteiger partial charge in [-0.15, -0.1) is 17.5 Å². The number of amides is 1. The van der Waals surface area contributed by atoms with E-state index in [2.05, 4.69) is 32.6 Å². The van der Waals surface area contributed by atoms with Crippen molar-refractivity contribution >= 4 is 24.1 Å². The number of alkyl halides is 3. The summed E-state index contributed by atoms with van der Waals surface area (Å²) in [6.45, 7) is 7.54. The maximum absolute atomic E-state index is 12.8. The van der Waals surface area contributed by atoms with E-state index in [0.717, 1.165) is 17.5 Å². The number of nitrogens with one attached hydrogen (secondary N) is 2. The SMILES string of the molecule is CCCNCCNC(=O)CCc1c(C)nc2nc(C(F)(F)F)nn2c1C.Cl. The summed E-state index contributed by atoms with van der Waals surface area (Å²) in [6, 6.07) is 0. The lowest BCUT2D eigenvalue weighted by atomic mass is 10.1. The molecule has 2 heterocycles. The minimum atomic E-state index is -4.63. The normalized spacial score (nSPS) is 11.5. The van der Waals surface area contributed by atoms with Crippen LogP contribution in [0.15, 0.2) is 0 Å². The van der Waals surface area contributed by atoms with E-state index in [0.29, 0.717) is 36.5 Å². The topological polar surface area (TPSA) is 84.2 Å². The molecule has 0 aliphatic rings. The largest absolute Gasteiger partial charge is 0.453 e. The van der Waals surface area contributed by atoms with Crippen LogP contribution in [-0.2, 0) is 17.4 Å². The standard InChI is InChI=1S/C16H23F3N6O.ClH/c1-4-7-20-8-9-21-13(26)6-5-12-10(2)22-15-23-14(16(17,18)19)24-25(15)11(12)3;/h20H,4-9H2,1-3H3,(H,21,26);1H. The lowest BCUT2D eigenvalue weighted by Gasteiger charge is -2.10. The van der Waals surface area contributed by atoms with Gasteiger partial charge in [-0.3, -0.25) is 4.79 Å². The molecule has 27 heavy (non-hydrogen) atoms. The summed E-state index contributed by atoms with van der Waals surface area (Å²) in [5.41, 5.74) is 1.76. The molecule has 0 saturated heterocycles. The van der Waals surface area contributed by atoms with E-state index in [4.69, 9.17) is 0 Å². The highest BCUT2D eigenvalue weighted by molar-refractivity contribution is 5.85. The van der Waals surface area contributed by atoms with Crippen LogP contribution >= 0.6 is 12.4 Å². The second-order valence-corrected chi connectivity index (χ2v) is 6.01. The number of carbonyl (C=O) groups excluding carboxylic acids is 1. The van der Waals surface area contributed by atoms with Crippen molar-refractivity contribution in [3.05, 3.63) is 22.8 Å². The number of aromatic nitrogens is 4. The van der Waals surface area contributed by atoms with Crippen molar-refractivity contribution in [2.45, 2.75) is 46.2 Å². The van der Waals surface area contributed by atoms with Crippen LogP contribution in [0.25, 0.3) is 5.78 Å². The summed E-state index contributed by atoms with van der Waals surface area (Å²) in [5, 5.41) is 9.49. The molecule has 0 aliphatic heterocycles. The Morgan fingerprint density at radius 3 is 2.48 bits per heavy atom. The van der Waals surface area contributed by atoms with Crippen molar-refractivity contribution in [1.82, 2.24) is 30.2 Å². The smallest absolute Gasteiger partial charge is 0.355 e. The molecule has 2 N–H and O–H groups in total. The van der Waals surface area contributed by atoms with Gasteiger partial charge in [0.2, 0.25) is 5.91 Å². The van der Waals surface area contributed by atoms with E-state index in [1.165, 1.54) is 0 Å². The first kappa shape index (κ1) is 23.1. The Morgan fingerprint density at radius 1 is 1.15 bits per heavy atom. The number of fused-ring (bicyclic) bond motifs is 1. The van der Waals surface area contributed by atoms with Crippen molar-refractivity contribution in [2.24, 2.45) is 0 Å². The number of hydrogen-bond donors (Lipinski definition) is 2. The van der Waals surface area contributed by atoms with Crippen molar-refractivity contribution in [1.29, 1.82) is 0 Å². The van der Waals surface area contributed by atoms with Crippen molar-refractivity contribution in [3.8, 4) is 0 Å². The summed E-state index contributed by atoms with van der Waals surface area (Å²) in [7, 11) is 0. The number of hydrogen-bond acceptors (Lipinski definition) is 5. The van der Waals surface area contributed by atoms with Crippen LogP contribution in [-0.4, -0.2) is 45.1 Å². The zero-order valence-electron chi connectivity index (χ0n) is 15.5. The van der Waals surface area contributed by atoms with Crippen molar-refractivity contribution in [3.63, 3.8) is 0 Å². The molecular weight excluding hydrogens is 385 g/mol. The predicted molar refractivity (Wildman–Crippen MR) is 97.0 cm³/mol. The van der Waals surface area contributed by atoms with Crippen LogP contribution in [0.5, 0.6) is 0 Å². The highest BCUT2D eigenvalue weighted by Gasteiger charge is 2.36. The Balaban J connectivity index is 0.00000364. The first-order valence-corrected chi connectivity index (χ1v) is 8.51. The Kier molecular flexibility index (Phi) is 8.42. The highest BCUT2D eigenvalue weighted by Crippen LogP contribution is 2.27.